The number of carboxylic acid groups (broad SMARTS) is 1. The number of carbonyl (C=O) groups is 2. The summed E-state index contributed by atoms with van der Waals surface area (Å²) in [5, 5.41) is 15.0. The van der Waals surface area contributed by atoms with E-state index < -0.39 is 12.0 Å². The first-order valence-corrected chi connectivity index (χ1v) is 6.93. The Balaban J connectivity index is 2.12. The van der Waals surface area contributed by atoms with Gasteiger partial charge < -0.3 is 15.7 Å². The van der Waals surface area contributed by atoms with Crippen LogP contribution in [0.5, 0.6) is 0 Å². The summed E-state index contributed by atoms with van der Waals surface area (Å²) in [6.07, 6.45) is 1.59. The van der Waals surface area contributed by atoms with Gasteiger partial charge in [-0.1, -0.05) is 20.3 Å². The zero-order valence-corrected chi connectivity index (χ0v) is 11.8. The van der Waals surface area contributed by atoms with Gasteiger partial charge in [0.05, 0.1) is 0 Å². The Morgan fingerprint density at radius 1 is 1.45 bits per heavy atom. The fourth-order valence-electron chi connectivity index (χ4n) is 2.35. The topological polar surface area (TPSA) is 78.4 Å². The van der Waals surface area contributed by atoms with Crippen LogP contribution in [0.3, 0.4) is 0 Å². The van der Waals surface area contributed by atoms with Crippen molar-refractivity contribution in [3.05, 3.63) is 29.3 Å². The summed E-state index contributed by atoms with van der Waals surface area (Å²) in [7, 11) is 0. The Bertz CT molecular complexity index is 528. The minimum atomic E-state index is -0.990. The van der Waals surface area contributed by atoms with Gasteiger partial charge in [-0.3, -0.25) is 4.79 Å². The van der Waals surface area contributed by atoms with E-state index in [-0.39, 0.29) is 11.8 Å². The molecule has 3 N–H and O–H groups in total. The highest BCUT2D eigenvalue weighted by atomic mass is 16.4. The summed E-state index contributed by atoms with van der Waals surface area (Å²) in [6, 6.07) is 4.58. The molecular formula is C15H20N2O3. The first-order valence-electron chi connectivity index (χ1n) is 6.93. The van der Waals surface area contributed by atoms with E-state index in [1.54, 1.807) is 6.07 Å². The SMILES string of the molecule is CC[C@H](C)[C@H](NC(=O)c1ccc2c(c1)CCN2)C(=O)O. The third-order valence-corrected chi connectivity index (χ3v) is 3.84. The molecule has 1 aliphatic rings. The van der Waals surface area contributed by atoms with E-state index in [1.165, 1.54) is 0 Å². The van der Waals surface area contributed by atoms with Gasteiger partial charge in [0, 0.05) is 17.8 Å². The zero-order valence-electron chi connectivity index (χ0n) is 11.8. The highest BCUT2D eigenvalue weighted by molar-refractivity contribution is 5.97. The fourth-order valence-corrected chi connectivity index (χ4v) is 2.35. The monoisotopic (exact) mass is 276 g/mol. The average Bonchev–Trinajstić information content (AvgIpc) is 2.90. The van der Waals surface area contributed by atoms with Gasteiger partial charge in [0.2, 0.25) is 0 Å². The van der Waals surface area contributed by atoms with Gasteiger partial charge in [-0.25, -0.2) is 4.79 Å². The van der Waals surface area contributed by atoms with E-state index in [2.05, 4.69) is 10.6 Å². The van der Waals surface area contributed by atoms with Crippen LogP contribution in [-0.4, -0.2) is 29.6 Å². The number of benzene rings is 1. The molecule has 2 rings (SSSR count). The van der Waals surface area contributed by atoms with E-state index >= 15 is 0 Å². The van der Waals surface area contributed by atoms with Crippen molar-refractivity contribution in [2.45, 2.75) is 32.7 Å². The second-order valence-electron chi connectivity index (χ2n) is 5.22. The van der Waals surface area contributed by atoms with Crippen LogP contribution in [0, 0.1) is 5.92 Å². The van der Waals surface area contributed by atoms with Crippen molar-refractivity contribution < 1.29 is 14.7 Å². The summed E-state index contributed by atoms with van der Waals surface area (Å²) in [5.74, 6) is -1.42. The Kier molecular flexibility index (Phi) is 4.27. The van der Waals surface area contributed by atoms with Gasteiger partial charge in [-0.15, -0.1) is 0 Å². The first kappa shape index (κ1) is 14.4. The van der Waals surface area contributed by atoms with E-state index in [0.717, 1.165) is 24.2 Å². The largest absolute Gasteiger partial charge is 0.480 e. The number of aliphatic carboxylic acids is 1. The lowest BCUT2D eigenvalue weighted by molar-refractivity contribution is -0.140. The number of rotatable bonds is 5. The zero-order chi connectivity index (χ0) is 14.7. The maximum atomic E-state index is 12.2. The van der Waals surface area contributed by atoms with Crippen molar-refractivity contribution in [2.75, 3.05) is 11.9 Å². The van der Waals surface area contributed by atoms with Crippen LogP contribution in [0.4, 0.5) is 5.69 Å². The number of nitrogens with one attached hydrogen (secondary N) is 2. The van der Waals surface area contributed by atoms with Gasteiger partial charge >= 0.3 is 5.97 Å². The van der Waals surface area contributed by atoms with Gasteiger partial charge in [0.15, 0.2) is 0 Å². The van der Waals surface area contributed by atoms with Crippen molar-refractivity contribution in [3.63, 3.8) is 0 Å². The molecule has 0 aromatic heterocycles. The second-order valence-corrected chi connectivity index (χ2v) is 5.22. The van der Waals surface area contributed by atoms with Crippen molar-refractivity contribution >= 4 is 17.6 Å². The smallest absolute Gasteiger partial charge is 0.326 e. The van der Waals surface area contributed by atoms with E-state index in [9.17, 15) is 14.7 Å². The number of anilines is 1. The van der Waals surface area contributed by atoms with E-state index in [1.807, 2.05) is 26.0 Å². The molecule has 0 fully saturated rings. The Hall–Kier alpha value is -2.04. The minimum Gasteiger partial charge on any atom is -0.480 e. The van der Waals surface area contributed by atoms with Gasteiger partial charge in [0.1, 0.15) is 6.04 Å². The molecule has 0 unspecified atom stereocenters. The summed E-state index contributed by atoms with van der Waals surface area (Å²) in [5.41, 5.74) is 2.67. The summed E-state index contributed by atoms with van der Waals surface area (Å²) < 4.78 is 0. The highest BCUT2D eigenvalue weighted by Crippen LogP contribution is 2.23. The number of fused-ring (bicyclic) bond motifs is 1. The van der Waals surface area contributed by atoms with Crippen LogP contribution >= 0.6 is 0 Å². The van der Waals surface area contributed by atoms with Crippen molar-refractivity contribution in [1.29, 1.82) is 0 Å². The Morgan fingerprint density at radius 2 is 2.20 bits per heavy atom. The van der Waals surface area contributed by atoms with Crippen molar-refractivity contribution in [3.8, 4) is 0 Å². The number of carbonyl (C=O) groups excluding carboxylic acids is 1. The number of carboxylic acids is 1. The molecule has 0 saturated heterocycles. The van der Waals surface area contributed by atoms with Crippen LogP contribution in [0.2, 0.25) is 0 Å². The van der Waals surface area contributed by atoms with Crippen LogP contribution in [0.25, 0.3) is 0 Å². The second kappa shape index (κ2) is 5.94. The molecule has 2 atom stereocenters. The molecule has 108 valence electrons. The summed E-state index contributed by atoms with van der Waals surface area (Å²) in [4.78, 5) is 23.4. The Morgan fingerprint density at radius 3 is 2.85 bits per heavy atom. The number of hydrogen-bond acceptors (Lipinski definition) is 3. The van der Waals surface area contributed by atoms with Gasteiger partial charge in [-0.05, 0) is 36.1 Å². The molecule has 1 aromatic rings. The first-order chi connectivity index (χ1) is 9.52. The third kappa shape index (κ3) is 2.92. The molecule has 5 heteroatoms. The maximum Gasteiger partial charge on any atom is 0.326 e. The third-order valence-electron chi connectivity index (χ3n) is 3.84. The number of hydrogen-bond donors (Lipinski definition) is 3. The molecule has 1 heterocycles. The average molecular weight is 276 g/mol. The summed E-state index contributed by atoms with van der Waals surface area (Å²) >= 11 is 0. The maximum absolute atomic E-state index is 12.2. The lowest BCUT2D eigenvalue weighted by Crippen LogP contribution is -2.45. The van der Waals surface area contributed by atoms with Crippen LogP contribution < -0.4 is 10.6 Å². The lowest BCUT2D eigenvalue weighted by atomic mass is 9.98. The standard InChI is InChI=1S/C15H20N2O3/c1-3-9(2)13(15(19)20)17-14(18)11-4-5-12-10(8-11)6-7-16-12/h4-5,8-9,13,16H,3,6-7H2,1-2H3,(H,17,18)(H,19,20)/t9-,13-/m0/s1. The quantitative estimate of drug-likeness (QED) is 0.767. The normalized spacial score (nSPS) is 15.9. The van der Waals surface area contributed by atoms with Crippen LogP contribution in [0.15, 0.2) is 18.2 Å². The molecule has 0 radical (unpaired) electrons. The molecule has 1 aliphatic heterocycles. The van der Waals surface area contributed by atoms with Crippen molar-refractivity contribution in [1.82, 2.24) is 5.32 Å². The molecule has 5 nitrogen and oxygen atoms in total. The van der Waals surface area contributed by atoms with Gasteiger partial charge in [-0.2, -0.15) is 0 Å². The van der Waals surface area contributed by atoms with E-state index in [4.69, 9.17) is 0 Å². The predicted octanol–water partition coefficient (Wildman–Crippen LogP) is 1.88. The minimum absolute atomic E-state index is 0.104. The number of amides is 1. The molecule has 0 spiro atoms. The summed E-state index contributed by atoms with van der Waals surface area (Å²) in [6.45, 7) is 4.62. The highest BCUT2D eigenvalue weighted by Gasteiger charge is 2.26. The molecule has 1 aromatic carbocycles. The molecular weight excluding hydrogens is 256 g/mol. The Labute approximate surface area is 118 Å². The molecule has 1 amide bonds. The molecule has 0 bridgehead atoms. The fraction of sp³-hybridized carbons (Fsp3) is 0.467. The van der Waals surface area contributed by atoms with Crippen LogP contribution in [0.1, 0.15) is 36.2 Å². The van der Waals surface area contributed by atoms with E-state index in [0.29, 0.717) is 12.0 Å². The molecule has 0 saturated carbocycles. The van der Waals surface area contributed by atoms with Crippen LogP contribution in [-0.2, 0) is 11.2 Å². The predicted molar refractivity (Wildman–Crippen MR) is 77.0 cm³/mol. The lowest BCUT2D eigenvalue weighted by Gasteiger charge is -2.20. The van der Waals surface area contributed by atoms with Crippen molar-refractivity contribution in [2.24, 2.45) is 5.92 Å². The van der Waals surface area contributed by atoms with Gasteiger partial charge in [0.25, 0.3) is 5.91 Å². The molecule has 20 heavy (non-hydrogen) atoms. The molecule has 0 aliphatic carbocycles.